The van der Waals surface area contributed by atoms with Crippen LogP contribution >= 0.6 is 12.4 Å². The number of rotatable bonds is 5. The van der Waals surface area contributed by atoms with Crippen LogP contribution in [0.1, 0.15) is 24.1 Å². The van der Waals surface area contributed by atoms with Gasteiger partial charge in [-0.1, -0.05) is 6.07 Å². The molecule has 0 radical (unpaired) electrons. The van der Waals surface area contributed by atoms with Gasteiger partial charge in [0.2, 0.25) is 0 Å². The lowest BCUT2D eigenvalue weighted by Crippen LogP contribution is -2.45. The number of aromatic nitrogens is 1. The van der Waals surface area contributed by atoms with E-state index in [9.17, 15) is 4.39 Å². The second-order valence-electron chi connectivity index (χ2n) is 5.67. The minimum atomic E-state index is -0.292. The molecule has 1 aliphatic heterocycles. The third kappa shape index (κ3) is 4.44. The van der Waals surface area contributed by atoms with Gasteiger partial charge in [-0.2, -0.15) is 0 Å². The molecule has 0 aliphatic carbocycles. The van der Waals surface area contributed by atoms with Crippen molar-refractivity contribution in [2.24, 2.45) is 0 Å². The second-order valence-corrected chi connectivity index (χ2v) is 5.67. The van der Waals surface area contributed by atoms with Gasteiger partial charge in [-0.15, -0.1) is 12.4 Å². The van der Waals surface area contributed by atoms with Gasteiger partial charge in [-0.3, -0.25) is 9.88 Å². The van der Waals surface area contributed by atoms with Gasteiger partial charge in [0.1, 0.15) is 0 Å². The summed E-state index contributed by atoms with van der Waals surface area (Å²) in [5.74, 6) is 0.0298. The summed E-state index contributed by atoms with van der Waals surface area (Å²) in [5, 5.41) is 3.43. The number of nitrogens with zero attached hydrogens (tertiary/aromatic N) is 2. The number of hydrogen-bond donors (Lipinski definition) is 1. The molecule has 1 aromatic heterocycles. The van der Waals surface area contributed by atoms with Crippen LogP contribution in [-0.4, -0.2) is 36.1 Å². The Morgan fingerprint density at radius 2 is 2.08 bits per heavy atom. The smallest absolute Gasteiger partial charge is 0.165 e. The zero-order valence-corrected chi connectivity index (χ0v) is 14.6. The van der Waals surface area contributed by atoms with Crippen LogP contribution in [0, 0.1) is 5.82 Å². The summed E-state index contributed by atoms with van der Waals surface area (Å²) in [6.07, 6.45) is 3.64. The average Bonchev–Trinajstić information content (AvgIpc) is 2.59. The highest BCUT2D eigenvalue weighted by molar-refractivity contribution is 5.85. The molecule has 0 amide bonds. The molecule has 6 heteroatoms. The predicted octanol–water partition coefficient (Wildman–Crippen LogP) is 3.19. The highest BCUT2D eigenvalue weighted by Gasteiger charge is 2.23. The Hall–Kier alpha value is -1.69. The SMILES string of the molecule is CCOc1ccc(CN2CCNCC2c2ccncc2)cc1F.Cl. The summed E-state index contributed by atoms with van der Waals surface area (Å²) < 4.78 is 19.3. The Kier molecular flexibility index (Phi) is 6.97. The summed E-state index contributed by atoms with van der Waals surface area (Å²) in [5.41, 5.74) is 2.20. The van der Waals surface area contributed by atoms with E-state index in [-0.39, 0.29) is 24.3 Å². The zero-order valence-electron chi connectivity index (χ0n) is 13.7. The van der Waals surface area contributed by atoms with Crippen LogP contribution in [0.15, 0.2) is 42.7 Å². The van der Waals surface area contributed by atoms with E-state index in [0.29, 0.717) is 12.4 Å². The minimum absolute atomic E-state index is 0. The quantitative estimate of drug-likeness (QED) is 0.897. The van der Waals surface area contributed by atoms with E-state index in [1.807, 2.05) is 37.5 Å². The van der Waals surface area contributed by atoms with Crippen LogP contribution in [0.25, 0.3) is 0 Å². The summed E-state index contributed by atoms with van der Waals surface area (Å²) in [6, 6.07) is 9.61. The molecular weight excluding hydrogens is 329 g/mol. The number of pyridine rings is 1. The first kappa shape index (κ1) is 18.6. The molecule has 0 bridgehead atoms. The number of halogens is 2. The molecule has 4 nitrogen and oxygen atoms in total. The largest absolute Gasteiger partial charge is 0.491 e. The third-order valence-electron chi connectivity index (χ3n) is 4.13. The zero-order chi connectivity index (χ0) is 16.1. The van der Waals surface area contributed by atoms with Gasteiger partial charge in [-0.25, -0.2) is 4.39 Å². The van der Waals surface area contributed by atoms with E-state index in [4.69, 9.17) is 4.74 Å². The molecule has 24 heavy (non-hydrogen) atoms. The number of hydrogen-bond acceptors (Lipinski definition) is 4. The topological polar surface area (TPSA) is 37.4 Å². The van der Waals surface area contributed by atoms with Gasteiger partial charge in [0.25, 0.3) is 0 Å². The van der Waals surface area contributed by atoms with Gasteiger partial charge < -0.3 is 10.1 Å². The molecule has 3 rings (SSSR count). The van der Waals surface area contributed by atoms with Crippen molar-refractivity contribution < 1.29 is 9.13 Å². The second kappa shape index (κ2) is 8.97. The molecule has 1 unspecified atom stereocenters. The molecule has 1 saturated heterocycles. The molecule has 0 saturated carbocycles. The number of nitrogens with one attached hydrogen (secondary N) is 1. The van der Waals surface area contributed by atoms with Gasteiger partial charge >= 0.3 is 0 Å². The predicted molar refractivity (Wildman–Crippen MR) is 95.1 cm³/mol. The van der Waals surface area contributed by atoms with Crippen molar-refractivity contribution in [3.05, 3.63) is 59.7 Å². The van der Waals surface area contributed by atoms with Crippen LogP contribution in [0.5, 0.6) is 5.75 Å². The molecule has 1 N–H and O–H groups in total. The van der Waals surface area contributed by atoms with E-state index in [1.165, 1.54) is 5.56 Å². The fourth-order valence-corrected chi connectivity index (χ4v) is 3.00. The summed E-state index contributed by atoms with van der Waals surface area (Å²) in [7, 11) is 0. The van der Waals surface area contributed by atoms with Gasteiger partial charge in [0.05, 0.1) is 6.61 Å². The van der Waals surface area contributed by atoms with Gasteiger partial charge in [0, 0.05) is 44.6 Å². The fourth-order valence-electron chi connectivity index (χ4n) is 3.00. The van der Waals surface area contributed by atoms with Crippen LogP contribution in [0.2, 0.25) is 0 Å². The average molecular weight is 352 g/mol. The normalized spacial score (nSPS) is 18.0. The molecule has 130 valence electrons. The first-order valence-electron chi connectivity index (χ1n) is 8.04. The van der Waals surface area contributed by atoms with Crippen molar-refractivity contribution in [2.75, 3.05) is 26.2 Å². The Labute approximate surface area is 148 Å². The Bertz CT molecular complexity index is 641. The van der Waals surface area contributed by atoms with Crippen molar-refractivity contribution in [1.82, 2.24) is 15.2 Å². The molecule has 1 aliphatic rings. The van der Waals surface area contributed by atoms with Crippen molar-refractivity contribution in [2.45, 2.75) is 19.5 Å². The minimum Gasteiger partial charge on any atom is -0.491 e. The van der Waals surface area contributed by atoms with Gasteiger partial charge in [0.15, 0.2) is 11.6 Å². The Morgan fingerprint density at radius 1 is 1.29 bits per heavy atom. The highest BCUT2D eigenvalue weighted by atomic mass is 35.5. The molecule has 2 aromatic rings. The fraction of sp³-hybridized carbons (Fsp3) is 0.389. The first-order chi connectivity index (χ1) is 11.3. The number of benzene rings is 1. The third-order valence-corrected chi connectivity index (χ3v) is 4.13. The summed E-state index contributed by atoms with van der Waals surface area (Å²) in [4.78, 5) is 6.46. The van der Waals surface area contributed by atoms with Crippen LogP contribution in [-0.2, 0) is 6.54 Å². The maximum Gasteiger partial charge on any atom is 0.165 e. The Balaban J connectivity index is 0.00000208. The maximum atomic E-state index is 14.0. The monoisotopic (exact) mass is 351 g/mol. The molecule has 2 heterocycles. The summed E-state index contributed by atoms with van der Waals surface area (Å²) >= 11 is 0. The molecule has 1 aromatic carbocycles. The molecule has 0 spiro atoms. The van der Waals surface area contributed by atoms with Crippen LogP contribution in [0.3, 0.4) is 0 Å². The standard InChI is InChI=1S/C18H22FN3O.ClH/c1-2-23-18-4-3-14(11-16(18)19)13-22-10-9-21-12-17(22)15-5-7-20-8-6-15;/h3-8,11,17,21H,2,9-10,12-13H2,1H3;1H. The lowest BCUT2D eigenvalue weighted by Gasteiger charge is -2.36. The van der Waals surface area contributed by atoms with Crippen molar-refractivity contribution >= 4 is 12.4 Å². The first-order valence-corrected chi connectivity index (χ1v) is 8.04. The molecule has 1 atom stereocenters. The van der Waals surface area contributed by atoms with Gasteiger partial charge in [-0.05, 0) is 42.3 Å². The van der Waals surface area contributed by atoms with E-state index in [0.717, 1.165) is 31.7 Å². The van der Waals surface area contributed by atoms with Crippen molar-refractivity contribution in [3.8, 4) is 5.75 Å². The van der Waals surface area contributed by atoms with Crippen LogP contribution < -0.4 is 10.1 Å². The molecule has 1 fully saturated rings. The van der Waals surface area contributed by atoms with E-state index < -0.39 is 0 Å². The van der Waals surface area contributed by atoms with Crippen molar-refractivity contribution in [1.29, 1.82) is 0 Å². The maximum absolute atomic E-state index is 14.0. The van der Waals surface area contributed by atoms with E-state index in [1.54, 1.807) is 12.1 Å². The van der Waals surface area contributed by atoms with E-state index >= 15 is 0 Å². The lowest BCUT2D eigenvalue weighted by molar-refractivity contribution is 0.153. The van der Waals surface area contributed by atoms with Crippen molar-refractivity contribution in [3.63, 3.8) is 0 Å². The summed E-state index contributed by atoms with van der Waals surface area (Å²) in [6.45, 7) is 5.82. The van der Waals surface area contributed by atoms with E-state index in [2.05, 4.69) is 15.2 Å². The Morgan fingerprint density at radius 3 is 2.79 bits per heavy atom. The molecular formula is C18H23ClFN3O. The van der Waals surface area contributed by atoms with Crippen LogP contribution in [0.4, 0.5) is 4.39 Å². The lowest BCUT2D eigenvalue weighted by atomic mass is 10.0. The number of piperazine rings is 1. The number of ether oxygens (including phenoxy) is 1. The highest BCUT2D eigenvalue weighted by Crippen LogP contribution is 2.25.